The highest BCUT2D eigenvalue weighted by Crippen LogP contribution is 2.20. The molecule has 0 saturated heterocycles. The molecule has 0 fully saturated rings. The van der Waals surface area contributed by atoms with E-state index in [0.29, 0.717) is 0 Å². The Balaban J connectivity index is 2.88. The topological polar surface area (TPSA) is 87.3 Å². The molecule has 0 atom stereocenters. The molecule has 6 nitrogen and oxygen atoms in total. The highest BCUT2D eigenvalue weighted by atomic mass is 19.4. The Labute approximate surface area is 95.2 Å². The Bertz CT molecular complexity index is 359. The molecule has 17 heavy (non-hydrogen) atoms. The lowest BCUT2D eigenvalue weighted by Gasteiger charge is -2.24. The molecule has 96 valence electrons. The lowest BCUT2D eigenvalue weighted by atomic mass is 10.4. The lowest BCUT2D eigenvalue weighted by molar-refractivity contribution is -0.120. The van der Waals surface area contributed by atoms with Crippen molar-refractivity contribution < 1.29 is 18.3 Å². The molecule has 0 radical (unpaired) electrons. The molecular formula is C8H12F3N5O. The standard InChI is InChI=1S/C8H12F3N5O/c9-8(10,11)5-16(3-4-17)6-1-2-13-7(14-6)15-12/h1-2,17H,3-5,12H2,(H,13,14,15). The Kier molecular flexibility index (Phi) is 4.46. The van der Waals surface area contributed by atoms with E-state index in [1.54, 1.807) is 0 Å². The summed E-state index contributed by atoms with van der Waals surface area (Å²) < 4.78 is 36.9. The molecule has 9 heteroatoms. The molecular weight excluding hydrogens is 239 g/mol. The van der Waals surface area contributed by atoms with Gasteiger partial charge in [0.05, 0.1) is 6.61 Å². The van der Waals surface area contributed by atoms with Gasteiger partial charge < -0.3 is 10.0 Å². The van der Waals surface area contributed by atoms with E-state index in [1.807, 2.05) is 0 Å². The van der Waals surface area contributed by atoms with Crippen molar-refractivity contribution in [3.8, 4) is 0 Å². The first-order valence-electron chi connectivity index (χ1n) is 4.68. The normalized spacial score (nSPS) is 11.4. The van der Waals surface area contributed by atoms with Crippen molar-refractivity contribution in [1.82, 2.24) is 9.97 Å². The summed E-state index contributed by atoms with van der Waals surface area (Å²) in [5.41, 5.74) is 2.13. The zero-order valence-corrected chi connectivity index (χ0v) is 8.78. The Hall–Kier alpha value is -1.61. The first-order valence-corrected chi connectivity index (χ1v) is 4.68. The molecule has 0 aliphatic heterocycles. The summed E-state index contributed by atoms with van der Waals surface area (Å²) in [6.45, 7) is -1.79. The summed E-state index contributed by atoms with van der Waals surface area (Å²) in [4.78, 5) is 8.33. The van der Waals surface area contributed by atoms with E-state index in [2.05, 4.69) is 15.4 Å². The minimum absolute atomic E-state index is 0.00705. The molecule has 4 N–H and O–H groups in total. The van der Waals surface area contributed by atoms with Gasteiger partial charge in [-0.25, -0.2) is 10.8 Å². The maximum Gasteiger partial charge on any atom is 0.405 e. The van der Waals surface area contributed by atoms with Crippen LogP contribution in [0.25, 0.3) is 0 Å². The van der Waals surface area contributed by atoms with Gasteiger partial charge in [0.25, 0.3) is 0 Å². The molecule has 0 aliphatic carbocycles. The van der Waals surface area contributed by atoms with Crippen LogP contribution in [-0.4, -0.2) is 40.9 Å². The number of nitrogens with one attached hydrogen (secondary N) is 1. The number of hydrazine groups is 1. The first-order chi connectivity index (χ1) is 7.96. The van der Waals surface area contributed by atoms with Crippen LogP contribution in [0.1, 0.15) is 0 Å². The maximum absolute atomic E-state index is 12.3. The number of hydrogen-bond donors (Lipinski definition) is 3. The van der Waals surface area contributed by atoms with Gasteiger partial charge in [-0.2, -0.15) is 18.2 Å². The number of nitrogen functional groups attached to an aromatic ring is 1. The first kappa shape index (κ1) is 13.5. The second kappa shape index (κ2) is 5.64. The minimum Gasteiger partial charge on any atom is -0.395 e. The minimum atomic E-state index is -4.38. The fourth-order valence-electron chi connectivity index (χ4n) is 1.21. The van der Waals surface area contributed by atoms with Crippen molar-refractivity contribution in [2.24, 2.45) is 5.84 Å². The van der Waals surface area contributed by atoms with Crippen LogP contribution in [-0.2, 0) is 0 Å². The lowest BCUT2D eigenvalue weighted by Crippen LogP contribution is -2.37. The summed E-state index contributed by atoms with van der Waals surface area (Å²) in [5.74, 6) is 5.10. The number of halogens is 3. The summed E-state index contributed by atoms with van der Waals surface area (Å²) in [6.07, 6.45) is -3.10. The van der Waals surface area contributed by atoms with Gasteiger partial charge in [-0.1, -0.05) is 0 Å². The number of nitrogens with two attached hydrogens (primary N) is 1. The molecule has 0 aliphatic rings. The van der Waals surface area contributed by atoms with E-state index in [1.165, 1.54) is 12.3 Å². The van der Waals surface area contributed by atoms with E-state index < -0.39 is 19.3 Å². The number of aliphatic hydroxyl groups excluding tert-OH is 1. The number of rotatable bonds is 5. The van der Waals surface area contributed by atoms with Gasteiger partial charge in [-0.05, 0) is 6.07 Å². The van der Waals surface area contributed by atoms with Crippen molar-refractivity contribution in [3.05, 3.63) is 12.3 Å². The molecule has 0 saturated carbocycles. The van der Waals surface area contributed by atoms with Gasteiger partial charge in [0.2, 0.25) is 5.95 Å². The van der Waals surface area contributed by atoms with Gasteiger partial charge in [0.15, 0.2) is 0 Å². The van der Waals surface area contributed by atoms with Crippen LogP contribution in [0, 0.1) is 0 Å². The van der Waals surface area contributed by atoms with Crippen molar-refractivity contribution >= 4 is 11.8 Å². The van der Waals surface area contributed by atoms with E-state index in [9.17, 15) is 13.2 Å². The summed E-state index contributed by atoms with van der Waals surface area (Å²) in [6, 6.07) is 1.31. The largest absolute Gasteiger partial charge is 0.405 e. The highest BCUT2D eigenvalue weighted by molar-refractivity contribution is 5.42. The van der Waals surface area contributed by atoms with Gasteiger partial charge in [-0.15, -0.1) is 0 Å². The molecule has 0 amide bonds. The second-order valence-electron chi connectivity index (χ2n) is 3.14. The Morgan fingerprint density at radius 1 is 1.47 bits per heavy atom. The smallest absolute Gasteiger partial charge is 0.395 e. The maximum atomic E-state index is 12.3. The van der Waals surface area contributed by atoms with Gasteiger partial charge in [0, 0.05) is 12.7 Å². The number of aromatic nitrogens is 2. The van der Waals surface area contributed by atoms with Crippen LogP contribution in [0.4, 0.5) is 24.9 Å². The van der Waals surface area contributed by atoms with Crippen LogP contribution < -0.4 is 16.2 Å². The van der Waals surface area contributed by atoms with Gasteiger partial charge in [-0.3, -0.25) is 5.43 Å². The number of anilines is 2. The SMILES string of the molecule is NNc1nccc(N(CCO)CC(F)(F)F)n1. The molecule has 1 aromatic rings. The fourth-order valence-corrected chi connectivity index (χ4v) is 1.21. The van der Waals surface area contributed by atoms with E-state index in [-0.39, 0.29) is 18.3 Å². The summed E-state index contributed by atoms with van der Waals surface area (Å²) >= 11 is 0. The monoisotopic (exact) mass is 251 g/mol. The molecule has 0 aromatic carbocycles. The molecule has 1 rings (SSSR count). The van der Waals surface area contributed by atoms with E-state index in [0.717, 1.165) is 4.90 Å². The Morgan fingerprint density at radius 3 is 2.71 bits per heavy atom. The van der Waals surface area contributed by atoms with E-state index >= 15 is 0 Å². The number of nitrogens with zero attached hydrogens (tertiary/aromatic N) is 3. The summed E-state index contributed by atoms with van der Waals surface area (Å²) in [7, 11) is 0. The van der Waals surface area contributed by atoms with E-state index in [4.69, 9.17) is 10.9 Å². The molecule has 1 aromatic heterocycles. The van der Waals surface area contributed by atoms with Crippen LogP contribution in [0.15, 0.2) is 12.3 Å². The predicted octanol–water partition coefficient (Wildman–Crippen LogP) is 0.123. The van der Waals surface area contributed by atoms with Crippen LogP contribution in [0.3, 0.4) is 0 Å². The number of aliphatic hydroxyl groups is 1. The quantitative estimate of drug-likeness (QED) is 0.509. The zero-order chi connectivity index (χ0) is 12.9. The predicted molar refractivity (Wildman–Crippen MR) is 55.2 cm³/mol. The third-order valence-electron chi connectivity index (χ3n) is 1.83. The van der Waals surface area contributed by atoms with Crippen LogP contribution in [0.2, 0.25) is 0 Å². The van der Waals surface area contributed by atoms with Crippen LogP contribution in [0.5, 0.6) is 0 Å². The van der Waals surface area contributed by atoms with Crippen molar-refractivity contribution in [2.75, 3.05) is 30.0 Å². The second-order valence-corrected chi connectivity index (χ2v) is 3.14. The average molecular weight is 251 g/mol. The van der Waals surface area contributed by atoms with Gasteiger partial charge in [0.1, 0.15) is 12.4 Å². The highest BCUT2D eigenvalue weighted by Gasteiger charge is 2.31. The van der Waals surface area contributed by atoms with Crippen molar-refractivity contribution in [2.45, 2.75) is 6.18 Å². The number of hydrogen-bond acceptors (Lipinski definition) is 6. The fraction of sp³-hybridized carbons (Fsp3) is 0.500. The Morgan fingerprint density at radius 2 is 2.18 bits per heavy atom. The third-order valence-corrected chi connectivity index (χ3v) is 1.83. The molecule has 1 heterocycles. The molecule has 0 unspecified atom stereocenters. The molecule has 0 spiro atoms. The van der Waals surface area contributed by atoms with Crippen molar-refractivity contribution in [1.29, 1.82) is 0 Å². The van der Waals surface area contributed by atoms with Crippen LogP contribution >= 0.6 is 0 Å². The van der Waals surface area contributed by atoms with Gasteiger partial charge >= 0.3 is 6.18 Å². The number of alkyl halides is 3. The third kappa shape index (κ3) is 4.41. The van der Waals surface area contributed by atoms with Crippen molar-refractivity contribution in [3.63, 3.8) is 0 Å². The summed E-state index contributed by atoms with van der Waals surface area (Å²) in [5, 5.41) is 8.73. The molecule has 0 bridgehead atoms. The average Bonchev–Trinajstić information content (AvgIpc) is 2.27. The zero-order valence-electron chi connectivity index (χ0n) is 8.78.